The Morgan fingerprint density at radius 3 is 2.59 bits per heavy atom. The molecule has 1 saturated heterocycles. The van der Waals surface area contributed by atoms with Crippen molar-refractivity contribution in [2.24, 2.45) is 5.92 Å². The van der Waals surface area contributed by atoms with Crippen molar-refractivity contribution < 1.29 is 4.79 Å². The lowest BCUT2D eigenvalue weighted by atomic mass is 10.1. The first-order valence-corrected chi connectivity index (χ1v) is 7.18. The standard InChI is InChI=1S/C14H26N2O/c1-4-12(9-11-5-6-11)16-8-7-13(14(16)17)15-10(2)3/h10-13,15H,4-9H2,1-3H3. The van der Waals surface area contributed by atoms with Gasteiger partial charge in [0.2, 0.25) is 5.91 Å². The number of likely N-dealkylation sites (tertiary alicyclic amines) is 1. The third kappa shape index (κ3) is 3.21. The van der Waals surface area contributed by atoms with Gasteiger partial charge >= 0.3 is 0 Å². The van der Waals surface area contributed by atoms with Gasteiger partial charge in [0.25, 0.3) is 0 Å². The summed E-state index contributed by atoms with van der Waals surface area (Å²) >= 11 is 0. The molecule has 2 fully saturated rings. The van der Waals surface area contributed by atoms with Crippen LogP contribution in [0.2, 0.25) is 0 Å². The number of hydrogen-bond acceptors (Lipinski definition) is 2. The van der Waals surface area contributed by atoms with Crippen molar-refractivity contribution in [3.05, 3.63) is 0 Å². The van der Waals surface area contributed by atoms with Crippen molar-refractivity contribution in [1.82, 2.24) is 10.2 Å². The van der Waals surface area contributed by atoms with E-state index < -0.39 is 0 Å². The lowest BCUT2D eigenvalue weighted by Crippen LogP contribution is -2.44. The Kier molecular flexibility index (Phi) is 4.08. The van der Waals surface area contributed by atoms with Crippen LogP contribution in [-0.4, -0.2) is 35.5 Å². The molecule has 0 bridgehead atoms. The van der Waals surface area contributed by atoms with E-state index in [1.165, 1.54) is 19.3 Å². The van der Waals surface area contributed by atoms with Crippen LogP contribution in [0, 0.1) is 5.92 Å². The highest BCUT2D eigenvalue weighted by atomic mass is 16.2. The van der Waals surface area contributed by atoms with Gasteiger partial charge in [-0.25, -0.2) is 0 Å². The molecule has 3 heteroatoms. The Morgan fingerprint density at radius 1 is 1.35 bits per heavy atom. The van der Waals surface area contributed by atoms with Crippen LogP contribution in [-0.2, 0) is 4.79 Å². The Morgan fingerprint density at radius 2 is 2.06 bits per heavy atom. The van der Waals surface area contributed by atoms with Crippen molar-refractivity contribution in [2.45, 2.75) is 71.0 Å². The fourth-order valence-corrected chi connectivity index (χ4v) is 2.87. The molecule has 0 aromatic heterocycles. The summed E-state index contributed by atoms with van der Waals surface area (Å²) in [6, 6.07) is 0.963. The van der Waals surface area contributed by atoms with E-state index in [2.05, 4.69) is 31.0 Å². The molecule has 1 heterocycles. The second-order valence-electron chi connectivity index (χ2n) is 5.94. The van der Waals surface area contributed by atoms with Crippen LogP contribution in [0.15, 0.2) is 0 Å². The summed E-state index contributed by atoms with van der Waals surface area (Å²) in [6.45, 7) is 7.38. The minimum Gasteiger partial charge on any atom is -0.338 e. The first-order chi connectivity index (χ1) is 8.11. The molecular formula is C14H26N2O. The van der Waals surface area contributed by atoms with Crippen molar-refractivity contribution in [3.63, 3.8) is 0 Å². The highest BCUT2D eigenvalue weighted by molar-refractivity contribution is 5.84. The number of carbonyl (C=O) groups excluding carboxylic acids is 1. The third-order valence-electron chi connectivity index (χ3n) is 3.99. The van der Waals surface area contributed by atoms with Crippen molar-refractivity contribution in [2.75, 3.05) is 6.54 Å². The van der Waals surface area contributed by atoms with Gasteiger partial charge in [0.05, 0.1) is 6.04 Å². The molecular weight excluding hydrogens is 212 g/mol. The Balaban J connectivity index is 1.89. The fourth-order valence-electron chi connectivity index (χ4n) is 2.87. The Hall–Kier alpha value is -0.570. The van der Waals surface area contributed by atoms with E-state index in [4.69, 9.17) is 0 Å². The summed E-state index contributed by atoms with van der Waals surface area (Å²) in [7, 11) is 0. The zero-order valence-corrected chi connectivity index (χ0v) is 11.4. The lowest BCUT2D eigenvalue weighted by molar-refractivity contribution is -0.131. The summed E-state index contributed by atoms with van der Waals surface area (Å²) in [5.74, 6) is 1.25. The Bertz CT molecular complexity index is 273. The van der Waals surface area contributed by atoms with E-state index in [0.29, 0.717) is 18.0 Å². The van der Waals surface area contributed by atoms with Crippen molar-refractivity contribution in [3.8, 4) is 0 Å². The smallest absolute Gasteiger partial charge is 0.240 e. The van der Waals surface area contributed by atoms with Gasteiger partial charge in [-0.1, -0.05) is 33.6 Å². The van der Waals surface area contributed by atoms with E-state index in [0.717, 1.165) is 25.3 Å². The average molecular weight is 238 g/mol. The van der Waals surface area contributed by atoms with Crippen molar-refractivity contribution >= 4 is 5.91 Å². The largest absolute Gasteiger partial charge is 0.338 e. The molecule has 98 valence electrons. The van der Waals surface area contributed by atoms with Gasteiger partial charge in [-0.2, -0.15) is 0 Å². The van der Waals surface area contributed by atoms with Crippen LogP contribution in [0.25, 0.3) is 0 Å². The zero-order valence-electron chi connectivity index (χ0n) is 11.4. The van der Waals surface area contributed by atoms with Crippen LogP contribution < -0.4 is 5.32 Å². The number of carbonyl (C=O) groups is 1. The molecule has 1 aliphatic carbocycles. The molecule has 2 aliphatic rings. The monoisotopic (exact) mass is 238 g/mol. The van der Waals surface area contributed by atoms with Gasteiger partial charge in [0.15, 0.2) is 0 Å². The average Bonchev–Trinajstić information content (AvgIpc) is 3.03. The van der Waals surface area contributed by atoms with E-state index in [1.807, 2.05) is 0 Å². The maximum Gasteiger partial charge on any atom is 0.240 e. The topological polar surface area (TPSA) is 32.3 Å². The van der Waals surface area contributed by atoms with Gasteiger partial charge in [-0.3, -0.25) is 4.79 Å². The van der Waals surface area contributed by atoms with E-state index in [9.17, 15) is 4.79 Å². The third-order valence-corrected chi connectivity index (χ3v) is 3.99. The number of amides is 1. The summed E-state index contributed by atoms with van der Waals surface area (Å²) < 4.78 is 0. The van der Waals surface area contributed by atoms with Crippen molar-refractivity contribution in [1.29, 1.82) is 0 Å². The summed E-state index contributed by atoms with van der Waals surface area (Å²) in [6.07, 6.45) is 6.09. The summed E-state index contributed by atoms with van der Waals surface area (Å²) in [5, 5.41) is 3.38. The predicted molar refractivity (Wildman–Crippen MR) is 69.8 cm³/mol. The second-order valence-corrected chi connectivity index (χ2v) is 5.94. The first kappa shape index (κ1) is 12.9. The van der Waals surface area contributed by atoms with E-state index >= 15 is 0 Å². The quantitative estimate of drug-likeness (QED) is 0.769. The molecule has 17 heavy (non-hydrogen) atoms. The normalized spacial score (nSPS) is 26.9. The zero-order chi connectivity index (χ0) is 12.4. The molecule has 0 aromatic rings. The van der Waals surface area contributed by atoms with Crippen LogP contribution in [0.3, 0.4) is 0 Å². The SMILES string of the molecule is CCC(CC1CC1)N1CCC(NC(C)C)C1=O. The van der Waals surface area contributed by atoms with Gasteiger partial charge < -0.3 is 10.2 Å². The van der Waals surface area contributed by atoms with E-state index in [-0.39, 0.29) is 6.04 Å². The molecule has 0 aromatic carbocycles. The number of rotatable bonds is 6. The highest BCUT2D eigenvalue weighted by Crippen LogP contribution is 2.36. The highest BCUT2D eigenvalue weighted by Gasteiger charge is 2.37. The molecule has 2 rings (SSSR count). The van der Waals surface area contributed by atoms with Crippen LogP contribution >= 0.6 is 0 Å². The summed E-state index contributed by atoms with van der Waals surface area (Å²) in [4.78, 5) is 14.4. The predicted octanol–water partition coefficient (Wildman–Crippen LogP) is 2.16. The van der Waals surface area contributed by atoms with Crippen LogP contribution in [0.1, 0.15) is 52.9 Å². The van der Waals surface area contributed by atoms with Gasteiger partial charge in [0, 0.05) is 18.6 Å². The molecule has 1 amide bonds. The molecule has 2 atom stereocenters. The number of hydrogen-bond donors (Lipinski definition) is 1. The molecule has 1 N–H and O–H groups in total. The molecule has 3 nitrogen and oxygen atoms in total. The van der Waals surface area contributed by atoms with Crippen LogP contribution in [0.5, 0.6) is 0 Å². The molecule has 2 unspecified atom stereocenters. The maximum absolute atomic E-state index is 12.3. The molecule has 0 radical (unpaired) electrons. The van der Waals surface area contributed by atoms with Gasteiger partial charge in [0.1, 0.15) is 0 Å². The first-order valence-electron chi connectivity index (χ1n) is 7.18. The Labute approximate surface area is 105 Å². The summed E-state index contributed by atoms with van der Waals surface area (Å²) in [5.41, 5.74) is 0. The second kappa shape index (κ2) is 5.38. The fraction of sp³-hybridized carbons (Fsp3) is 0.929. The maximum atomic E-state index is 12.3. The minimum absolute atomic E-state index is 0.0725. The molecule has 1 aliphatic heterocycles. The van der Waals surface area contributed by atoms with E-state index in [1.54, 1.807) is 0 Å². The lowest BCUT2D eigenvalue weighted by Gasteiger charge is -2.27. The van der Waals surface area contributed by atoms with Gasteiger partial charge in [-0.15, -0.1) is 0 Å². The number of nitrogens with zero attached hydrogens (tertiary/aromatic N) is 1. The van der Waals surface area contributed by atoms with Gasteiger partial charge in [-0.05, 0) is 25.2 Å². The minimum atomic E-state index is 0.0725. The van der Waals surface area contributed by atoms with Crippen LogP contribution in [0.4, 0.5) is 0 Å². The number of nitrogens with one attached hydrogen (secondary N) is 1. The molecule has 1 saturated carbocycles. The molecule has 0 spiro atoms.